The third-order valence-corrected chi connectivity index (χ3v) is 5.35. The minimum Gasteiger partial charge on any atom is -0.493 e. The van der Waals surface area contributed by atoms with Crippen molar-refractivity contribution in [2.75, 3.05) is 14.2 Å². The summed E-state index contributed by atoms with van der Waals surface area (Å²) < 4.78 is 19.2. The minimum absolute atomic E-state index is 0. The third kappa shape index (κ3) is 4.12. The van der Waals surface area contributed by atoms with Gasteiger partial charge in [0.1, 0.15) is 12.2 Å². The molecule has 0 saturated heterocycles. The zero-order chi connectivity index (χ0) is 22.1. The van der Waals surface area contributed by atoms with Gasteiger partial charge in [0.25, 0.3) is 0 Å². The third-order valence-electron chi connectivity index (χ3n) is 5.11. The van der Waals surface area contributed by atoms with Gasteiger partial charge in [0.2, 0.25) is 0 Å². The molecule has 2 atom stereocenters. The number of ether oxygens (including phenoxy) is 3. The number of nitrogens with zero attached hydrogens (tertiary/aromatic N) is 3. The van der Waals surface area contributed by atoms with E-state index in [0.717, 1.165) is 0 Å². The van der Waals surface area contributed by atoms with Crippen molar-refractivity contribution in [1.82, 2.24) is 14.8 Å². The summed E-state index contributed by atoms with van der Waals surface area (Å²) in [7, 11) is 3.08. The lowest BCUT2D eigenvalue weighted by molar-refractivity contribution is -0.141. The van der Waals surface area contributed by atoms with Crippen LogP contribution < -0.4 is 15.2 Å². The van der Waals surface area contributed by atoms with Crippen LogP contribution in [-0.4, -0.2) is 40.1 Å². The number of halogens is 2. The Morgan fingerprint density at radius 3 is 2.66 bits per heavy atom. The molecule has 9 nitrogen and oxygen atoms in total. The molecule has 4 rings (SSSR count). The smallest absolute Gasteiger partial charge is 0.306 e. The number of nitrogens with two attached hydrogens (primary N) is 1. The summed E-state index contributed by atoms with van der Waals surface area (Å²) in [6.45, 7) is 0.113. The molecule has 2 aromatic carbocycles. The van der Waals surface area contributed by atoms with Crippen LogP contribution in [0.2, 0.25) is 5.02 Å². The quantitative estimate of drug-likeness (QED) is 0.549. The van der Waals surface area contributed by atoms with Gasteiger partial charge in [-0.05, 0) is 24.3 Å². The van der Waals surface area contributed by atoms with Gasteiger partial charge in [-0.15, -0.1) is 22.6 Å². The first-order chi connectivity index (χ1) is 15.0. The second-order valence-electron chi connectivity index (χ2n) is 6.90. The zero-order valence-electron chi connectivity index (χ0n) is 17.3. The Morgan fingerprint density at radius 1 is 1.22 bits per heavy atom. The number of carbonyl (C=O) groups is 1. The van der Waals surface area contributed by atoms with E-state index >= 15 is 0 Å². The Kier molecular flexibility index (Phi) is 7.25. The summed E-state index contributed by atoms with van der Waals surface area (Å²) in [5, 5.41) is 18.4. The highest BCUT2D eigenvalue weighted by molar-refractivity contribution is 6.30. The fourth-order valence-corrected chi connectivity index (χ4v) is 4.01. The van der Waals surface area contributed by atoms with Crippen molar-refractivity contribution in [1.29, 1.82) is 0 Å². The Morgan fingerprint density at radius 2 is 2.00 bits per heavy atom. The van der Waals surface area contributed by atoms with Crippen molar-refractivity contribution in [2.45, 2.75) is 25.2 Å². The molecule has 1 aromatic heterocycles. The lowest BCUT2D eigenvalue weighted by Gasteiger charge is -2.24. The van der Waals surface area contributed by atoms with Crippen LogP contribution in [0.4, 0.5) is 0 Å². The SMILES string of the molecule is COc1cccc(C2OC(CC(=O)O)c3nnc(CN)n3-c3ccc(Cl)cc32)c1OC.Cl. The number of benzene rings is 2. The molecule has 3 aromatic rings. The maximum Gasteiger partial charge on any atom is 0.306 e. The van der Waals surface area contributed by atoms with Gasteiger partial charge >= 0.3 is 5.97 Å². The van der Waals surface area contributed by atoms with E-state index in [2.05, 4.69) is 10.2 Å². The van der Waals surface area contributed by atoms with Crippen molar-refractivity contribution < 1.29 is 24.1 Å². The molecule has 1 aliphatic rings. The molecule has 0 bridgehead atoms. The van der Waals surface area contributed by atoms with Gasteiger partial charge < -0.3 is 25.1 Å². The van der Waals surface area contributed by atoms with E-state index in [9.17, 15) is 9.90 Å². The number of carboxylic acids is 1. The van der Waals surface area contributed by atoms with Crippen molar-refractivity contribution in [3.05, 3.63) is 64.2 Å². The molecule has 11 heteroatoms. The molecule has 0 amide bonds. The average molecular weight is 481 g/mol. The first-order valence-electron chi connectivity index (χ1n) is 9.50. The van der Waals surface area contributed by atoms with E-state index in [1.807, 2.05) is 18.2 Å². The van der Waals surface area contributed by atoms with Crippen LogP contribution in [0.5, 0.6) is 11.5 Å². The molecule has 170 valence electrons. The number of methoxy groups -OCH3 is 2. The van der Waals surface area contributed by atoms with Gasteiger partial charge in [0.05, 0.1) is 32.9 Å². The fraction of sp³-hybridized carbons (Fsp3) is 0.286. The topological polar surface area (TPSA) is 122 Å². The number of rotatable bonds is 6. The number of hydrogen-bond acceptors (Lipinski definition) is 7. The number of para-hydroxylation sites is 1. The van der Waals surface area contributed by atoms with E-state index in [0.29, 0.717) is 45.0 Å². The fourth-order valence-electron chi connectivity index (χ4n) is 3.83. The van der Waals surface area contributed by atoms with E-state index in [1.54, 1.807) is 29.9 Å². The van der Waals surface area contributed by atoms with Crippen LogP contribution in [0.1, 0.15) is 41.4 Å². The summed E-state index contributed by atoms with van der Waals surface area (Å²) in [6.07, 6.45) is -1.92. The van der Waals surface area contributed by atoms with Crippen LogP contribution in [0.25, 0.3) is 5.69 Å². The highest BCUT2D eigenvalue weighted by atomic mass is 35.5. The number of aromatic nitrogens is 3. The van der Waals surface area contributed by atoms with Crippen molar-refractivity contribution in [2.24, 2.45) is 5.73 Å². The van der Waals surface area contributed by atoms with Crippen LogP contribution in [-0.2, 0) is 16.1 Å². The first kappa shape index (κ1) is 23.8. The molecule has 0 fully saturated rings. The lowest BCUT2D eigenvalue weighted by atomic mass is 9.98. The predicted molar refractivity (Wildman–Crippen MR) is 119 cm³/mol. The zero-order valence-corrected chi connectivity index (χ0v) is 18.9. The second kappa shape index (κ2) is 9.74. The number of carboxylic acid groups (broad SMARTS) is 1. The Bertz CT molecular complexity index is 1140. The minimum atomic E-state index is -1.03. The second-order valence-corrected chi connectivity index (χ2v) is 7.34. The highest BCUT2D eigenvalue weighted by Crippen LogP contribution is 2.46. The van der Waals surface area contributed by atoms with E-state index in [-0.39, 0.29) is 25.4 Å². The van der Waals surface area contributed by atoms with Crippen molar-refractivity contribution in [3.8, 4) is 17.2 Å². The Hall–Kier alpha value is -2.85. The molecular weight excluding hydrogens is 459 g/mol. The predicted octanol–water partition coefficient (Wildman–Crippen LogP) is 3.45. The van der Waals surface area contributed by atoms with Crippen molar-refractivity contribution >= 4 is 30.0 Å². The summed E-state index contributed by atoms with van der Waals surface area (Å²) in [5.41, 5.74) is 7.95. The number of hydrogen-bond donors (Lipinski definition) is 2. The Labute approximate surface area is 195 Å². The van der Waals surface area contributed by atoms with Gasteiger partial charge in [-0.2, -0.15) is 0 Å². The molecule has 0 spiro atoms. The van der Waals surface area contributed by atoms with Gasteiger partial charge in [-0.25, -0.2) is 0 Å². The van der Waals surface area contributed by atoms with Crippen molar-refractivity contribution in [3.63, 3.8) is 0 Å². The van der Waals surface area contributed by atoms with Gasteiger partial charge in [-0.3, -0.25) is 9.36 Å². The largest absolute Gasteiger partial charge is 0.493 e. The normalized spacial score (nSPS) is 16.9. The molecule has 1 aliphatic heterocycles. The molecule has 0 saturated carbocycles. The highest BCUT2D eigenvalue weighted by Gasteiger charge is 2.36. The van der Waals surface area contributed by atoms with Crippen LogP contribution in [0.3, 0.4) is 0 Å². The maximum absolute atomic E-state index is 11.6. The molecule has 32 heavy (non-hydrogen) atoms. The summed E-state index contributed by atoms with van der Waals surface area (Å²) in [5.74, 6) is 0.806. The summed E-state index contributed by atoms with van der Waals surface area (Å²) in [6, 6.07) is 10.7. The van der Waals surface area contributed by atoms with Gasteiger partial charge in [0.15, 0.2) is 23.1 Å². The van der Waals surface area contributed by atoms with Gasteiger partial charge in [-0.1, -0.05) is 23.7 Å². The lowest BCUT2D eigenvalue weighted by Crippen LogP contribution is -2.16. The Balaban J connectivity index is 0.00000289. The van der Waals surface area contributed by atoms with Crippen LogP contribution in [0.15, 0.2) is 36.4 Å². The van der Waals surface area contributed by atoms with E-state index in [1.165, 1.54) is 7.11 Å². The molecule has 3 N–H and O–H groups in total. The standard InChI is InChI=1S/C21H21ClN4O5.ClH/c1-29-15-5-3-4-12(20(15)30-2)19-13-8-11(22)6-7-14(13)26-17(10-23)24-25-21(26)16(31-19)9-18(27)28;/h3-8,16,19H,9-10,23H2,1-2H3,(H,27,28);1H. The molecule has 0 radical (unpaired) electrons. The summed E-state index contributed by atoms with van der Waals surface area (Å²) in [4.78, 5) is 11.6. The summed E-state index contributed by atoms with van der Waals surface area (Å²) >= 11 is 6.34. The van der Waals surface area contributed by atoms with Gasteiger partial charge in [0, 0.05) is 16.1 Å². The van der Waals surface area contributed by atoms with E-state index < -0.39 is 18.2 Å². The molecule has 2 heterocycles. The van der Waals surface area contributed by atoms with Crippen LogP contribution >= 0.6 is 24.0 Å². The molecule has 2 unspecified atom stereocenters. The monoisotopic (exact) mass is 480 g/mol. The molecule has 0 aliphatic carbocycles. The number of aliphatic carboxylic acids is 1. The molecular formula is C21H22Cl2N4O5. The average Bonchev–Trinajstić information content (AvgIpc) is 3.14. The maximum atomic E-state index is 11.6. The van der Waals surface area contributed by atoms with Crippen LogP contribution in [0, 0.1) is 0 Å². The van der Waals surface area contributed by atoms with E-state index in [4.69, 9.17) is 31.5 Å². The first-order valence-corrected chi connectivity index (χ1v) is 9.88. The number of fused-ring (bicyclic) bond motifs is 3.